The van der Waals surface area contributed by atoms with Crippen molar-refractivity contribution < 1.29 is 35.6 Å². The summed E-state index contributed by atoms with van der Waals surface area (Å²) in [5, 5.41) is -0.214. The summed E-state index contributed by atoms with van der Waals surface area (Å²) in [7, 11) is -4.41. The molecule has 1 aromatic carbocycles. The monoisotopic (exact) mass is 484 g/mol. The fraction of sp³-hybridized carbons (Fsp3) is 0.150. The zero-order valence-electron chi connectivity index (χ0n) is 16.3. The number of rotatable bonds is 7. The number of aromatic nitrogens is 1. The van der Waals surface area contributed by atoms with Gasteiger partial charge in [-0.1, -0.05) is 11.8 Å². The largest absolute Gasteiger partial charge is 0.472 e. The Kier molecular flexibility index (Phi) is 6.74. The number of alkyl halides is 3. The van der Waals surface area contributed by atoms with Gasteiger partial charge in [-0.3, -0.25) is 19.3 Å². The van der Waals surface area contributed by atoms with E-state index in [0.29, 0.717) is 6.07 Å². The molecule has 3 aromatic rings. The molecule has 0 spiro atoms. The molecule has 0 saturated heterocycles. The van der Waals surface area contributed by atoms with Gasteiger partial charge < -0.3 is 4.42 Å². The van der Waals surface area contributed by atoms with E-state index in [1.807, 2.05) is 0 Å². The third-order valence-corrected chi connectivity index (χ3v) is 6.30. The van der Waals surface area contributed by atoms with Gasteiger partial charge in [0.1, 0.15) is 4.90 Å². The SMILES string of the molecule is CC(=O)SCC(=O)c1ccc(NS(=O)(=O)c2cnc(-c3ccoc3)c(C(F)(F)F)c2)cc1. The fourth-order valence-corrected chi connectivity index (χ4v) is 4.16. The number of carbonyl (C=O) groups excluding carboxylic acids is 2. The molecule has 2 heterocycles. The topological polar surface area (TPSA) is 106 Å². The van der Waals surface area contributed by atoms with E-state index in [-0.39, 0.29) is 33.5 Å². The van der Waals surface area contributed by atoms with Crippen molar-refractivity contribution in [1.29, 1.82) is 0 Å². The Hall–Kier alpha value is -3.12. The molecule has 0 aliphatic rings. The molecule has 0 fully saturated rings. The Balaban J connectivity index is 1.85. The number of hydrogen-bond acceptors (Lipinski definition) is 7. The summed E-state index contributed by atoms with van der Waals surface area (Å²) in [6.07, 6.45) is -1.79. The summed E-state index contributed by atoms with van der Waals surface area (Å²) in [6, 6.07) is 7.06. The van der Waals surface area contributed by atoms with Crippen LogP contribution in [0.1, 0.15) is 22.8 Å². The maximum absolute atomic E-state index is 13.5. The molecule has 0 saturated carbocycles. The van der Waals surface area contributed by atoms with Crippen molar-refractivity contribution in [3.8, 4) is 11.3 Å². The van der Waals surface area contributed by atoms with E-state index in [4.69, 9.17) is 4.42 Å². The third-order valence-electron chi connectivity index (χ3n) is 4.14. The van der Waals surface area contributed by atoms with Crippen LogP contribution in [0.5, 0.6) is 0 Å². The Morgan fingerprint density at radius 2 is 1.84 bits per heavy atom. The highest BCUT2D eigenvalue weighted by Crippen LogP contribution is 2.37. The molecule has 0 aliphatic heterocycles. The van der Waals surface area contributed by atoms with Gasteiger partial charge in [0, 0.05) is 29.9 Å². The highest BCUT2D eigenvalue weighted by atomic mass is 32.2. The molecular formula is C20H15F3N2O5S2. The zero-order valence-corrected chi connectivity index (χ0v) is 18.0. The number of nitrogens with one attached hydrogen (secondary N) is 1. The normalized spacial score (nSPS) is 11.9. The number of sulfonamides is 1. The van der Waals surface area contributed by atoms with E-state index in [2.05, 4.69) is 9.71 Å². The molecular weight excluding hydrogens is 469 g/mol. The van der Waals surface area contributed by atoms with Crippen LogP contribution in [0.2, 0.25) is 0 Å². The van der Waals surface area contributed by atoms with Gasteiger partial charge in [-0.25, -0.2) is 8.42 Å². The standard InChI is InChI=1S/C20H15F3N2O5S2/c1-12(26)31-11-18(27)13-2-4-15(5-3-13)25-32(28,29)16-8-17(20(21,22)23)19(24-9-16)14-6-7-30-10-14/h2-10,25H,11H2,1H3. The number of ketones is 1. The van der Waals surface area contributed by atoms with Crippen LogP contribution >= 0.6 is 11.8 Å². The second-order valence-electron chi connectivity index (χ2n) is 6.46. The van der Waals surface area contributed by atoms with Crippen LogP contribution < -0.4 is 4.72 Å². The molecule has 0 unspecified atom stereocenters. The lowest BCUT2D eigenvalue weighted by molar-refractivity contribution is -0.137. The van der Waals surface area contributed by atoms with Crippen LogP contribution in [-0.2, 0) is 21.0 Å². The van der Waals surface area contributed by atoms with Crippen molar-refractivity contribution in [2.45, 2.75) is 18.0 Å². The van der Waals surface area contributed by atoms with Gasteiger partial charge in [-0.15, -0.1) is 0 Å². The Bertz CT molecular complexity index is 1240. The minimum absolute atomic E-state index is 0.0354. The molecule has 168 valence electrons. The van der Waals surface area contributed by atoms with E-state index in [0.717, 1.165) is 24.2 Å². The summed E-state index contributed by atoms with van der Waals surface area (Å²) in [5.41, 5.74) is -1.35. The van der Waals surface area contributed by atoms with Crippen LogP contribution in [0.15, 0.2) is 64.4 Å². The van der Waals surface area contributed by atoms with Gasteiger partial charge in [0.2, 0.25) is 0 Å². The molecule has 32 heavy (non-hydrogen) atoms. The molecule has 0 aliphatic carbocycles. The second-order valence-corrected chi connectivity index (χ2v) is 9.30. The van der Waals surface area contributed by atoms with Gasteiger partial charge in [0.05, 0.1) is 29.5 Å². The number of carbonyl (C=O) groups is 2. The van der Waals surface area contributed by atoms with E-state index in [1.165, 1.54) is 43.5 Å². The van der Waals surface area contributed by atoms with Crippen molar-refractivity contribution in [2.75, 3.05) is 10.5 Å². The number of pyridine rings is 1. The lowest BCUT2D eigenvalue weighted by Crippen LogP contribution is -2.16. The lowest BCUT2D eigenvalue weighted by Gasteiger charge is -2.14. The summed E-state index contributed by atoms with van der Waals surface area (Å²) >= 11 is 0.844. The minimum atomic E-state index is -4.86. The molecule has 0 bridgehead atoms. The molecule has 0 radical (unpaired) electrons. The average molecular weight is 484 g/mol. The molecule has 7 nitrogen and oxygen atoms in total. The van der Waals surface area contributed by atoms with E-state index in [9.17, 15) is 31.2 Å². The predicted molar refractivity (Wildman–Crippen MR) is 112 cm³/mol. The maximum Gasteiger partial charge on any atom is 0.418 e. The van der Waals surface area contributed by atoms with Crippen LogP contribution in [0.3, 0.4) is 0 Å². The first kappa shape index (κ1) is 23.5. The molecule has 12 heteroatoms. The number of nitrogens with zero attached hydrogens (tertiary/aromatic N) is 1. The van der Waals surface area contributed by atoms with E-state index in [1.54, 1.807) is 0 Å². The number of anilines is 1. The first-order valence-corrected chi connectivity index (χ1v) is 11.3. The highest BCUT2D eigenvalue weighted by molar-refractivity contribution is 8.14. The molecule has 0 atom stereocenters. The molecule has 3 rings (SSSR count). The number of Topliss-reactive ketones (excluding diaryl/α,β-unsaturated/α-hetero) is 1. The van der Waals surface area contributed by atoms with Crippen molar-refractivity contribution in [2.24, 2.45) is 0 Å². The van der Waals surface area contributed by atoms with Crippen molar-refractivity contribution in [3.63, 3.8) is 0 Å². The van der Waals surface area contributed by atoms with Crippen molar-refractivity contribution in [3.05, 3.63) is 66.2 Å². The Morgan fingerprint density at radius 3 is 2.41 bits per heavy atom. The maximum atomic E-state index is 13.5. The van der Waals surface area contributed by atoms with E-state index >= 15 is 0 Å². The smallest absolute Gasteiger partial charge is 0.418 e. The second kappa shape index (κ2) is 9.17. The van der Waals surface area contributed by atoms with Gasteiger partial charge in [-0.05, 0) is 36.4 Å². The van der Waals surface area contributed by atoms with Gasteiger partial charge in [0.15, 0.2) is 10.9 Å². The number of thioether (sulfide) groups is 1. The average Bonchev–Trinajstić information content (AvgIpc) is 3.26. The first-order chi connectivity index (χ1) is 15.0. The van der Waals surface area contributed by atoms with Crippen LogP contribution in [0.4, 0.5) is 18.9 Å². The highest BCUT2D eigenvalue weighted by Gasteiger charge is 2.36. The van der Waals surface area contributed by atoms with Crippen molar-refractivity contribution >= 4 is 38.4 Å². The number of furan rings is 1. The Morgan fingerprint density at radius 1 is 1.16 bits per heavy atom. The number of hydrogen-bond donors (Lipinski definition) is 1. The van der Waals surface area contributed by atoms with Gasteiger partial charge >= 0.3 is 6.18 Å². The predicted octanol–water partition coefficient (Wildman–Crippen LogP) is 4.62. The van der Waals surface area contributed by atoms with E-state index < -0.39 is 32.4 Å². The fourth-order valence-electron chi connectivity index (χ4n) is 2.63. The Labute approximate surface area is 185 Å². The first-order valence-electron chi connectivity index (χ1n) is 8.86. The van der Waals surface area contributed by atoms with Crippen molar-refractivity contribution in [1.82, 2.24) is 4.98 Å². The number of benzene rings is 1. The summed E-state index contributed by atoms with van der Waals surface area (Å²) < 4.78 is 72.8. The summed E-state index contributed by atoms with van der Waals surface area (Å²) in [4.78, 5) is 26.0. The lowest BCUT2D eigenvalue weighted by atomic mass is 10.1. The number of halogens is 3. The van der Waals surface area contributed by atoms with Gasteiger partial charge in [0.25, 0.3) is 10.0 Å². The van der Waals surface area contributed by atoms with Crippen LogP contribution in [-0.4, -0.2) is 30.1 Å². The molecule has 1 N–H and O–H groups in total. The summed E-state index contributed by atoms with van der Waals surface area (Å²) in [5.74, 6) is -0.386. The zero-order chi connectivity index (χ0) is 23.5. The summed E-state index contributed by atoms with van der Waals surface area (Å²) in [6.45, 7) is 1.33. The third kappa shape index (κ3) is 5.56. The quantitative estimate of drug-likeness (QED) is 0.488. The van der Waals surface area contributed by atoms with Crippen LogP contribution in [0, 0.1) is 0 Å². The molecule has 2 aromatic heterocycles. The van der Waals surface area contributed by atoms with Crippen LogP contribution in [0.25, 0.3) is 11.3 Å². The minimum Gasteiger partial charge on any atom is -0.472 e. The van der Waals surface area contributed by atoms with Gasteiger partial charge in [-0.2, -0.15) is 13.2 Å². The molecule has 0 amide bonds.